The SMILES string of the molecule is CCC1CCC2(CCN(C(C)C)C2)C1. The Hall–Kier alpha value is -0.0400. The fourth-order valence-electron chi connectivity index (χ4n) is 3.46. The van der Waals surface area contributed by atoms with Gasteiger partial charge in [0.25, 0.3) is 0 Å². The Morgan fingerprint density at radius 3 is 2.64 bits per heavy atom. The van der Waals surface area contributed by atoms with E-state index in [1.165, 1.54) is 45.2 Å². The van der Waals surface area contributed by atoms with Gasteiger partial charge in [-0.1, -0.05) is 13.3 Å². The molecule has 2 aliphatic rings. The van der Waals surface area contributed by atoms with Crippen molar-refractivity contribution in [3.63, 3.8) is 0 Å². The third-order valence-electron chi connectivity index (χ3n) is 4.58. The molecule has 1 aliphatic carbocycles. The number of hydrogen-bond donors (Lipinski definition) is 0. The Bertz CT molecular complexity index is 199. The lowest BCUT2D eigenvalue weighted by molar-refractivity contribution is 0.220. The third-order valence-corrected chi connectivity index (χ3v) is 4.58. The lowest BCUT2D eigenvalue weighted by atomic mass is 9.84. The van der Waals surface area contributed by atoms with Gasteiger partial charge < -0.3 is 4.90 Å². The van der Waals surface area contributed by atoms with E-state index in [4.69, 9.17) is 0 Å². The molecule has 1 heteroatoms. The standard InChI is InChI=1S/C13H25N/c1-4-12-5-6-13(9-12)7-8-14(10-13)11(2)3/h11-12H,4-10H2,1-3H3. The Kier molecular flexibility index (Phi) is 2.88. The summed E-state index contributed by atoms with van der Waals surface area (Å²) in [6, 6.07) is 0.759. The van der Waals surface area contributed by atoms with Crippen molar-refractivity contribution < 1.29 is 0 Å². The zero-order chi connectivity index (χ0) is 10.2. The first-order valence-electron chi connectivity index (χ1n) is 6.39. The predicted molar refractivity (Wildman–Crippen MR) is 61.4 cm³/mol. The molecule has 2 fully saturated rings. The van der Waals surface area contributed by atoms with Gasteiger partial charge in [-0.2, -0.15) is 0 Å². The number of hydrogen-bond acceptors (Lipinski definition) is 1. The highest BCUT2D eigenvalue weighted by Gasteiger charge is 2.43. The maximum absolute atomic E-state index is 2.68. The molecule has 1 saturated carbocycles. The maximum Gasteiger partial charge on any atom is 0.00413 e. The summed E-state index contributed by atoms with van der Waals surface area (Å²) in [6.45, 7) is 9.78. The molecule has 14 heavy (non-hydrogen) atoms. The van der Waals surface area contributed by atoms with Crippen molar-refractivity contribution in [2.24, 2.45) is 11.3 Å². The molecule has 2 rings (SSSR count). The quantitative estimate of drug-likeness (QED) is 0.653. The predicted octanol–water partition coefficient (Wildman–Crippen LogP) is 3.30. The fourth-order valence-corrected chi connectivity index (χ4v) is 3.46. The topological polar surface area (TPSA) is 3.24 Å². The van der Waals surface area contributed by atoms with Crippen LogP contribution >= 0.6 is 0 Å². The van der Waals surface area contributed by atoms with Crippen molar-refractivity contribution in [2.75, 3.05) is 13.1 Å². The average Bonchev–Trinajstić information content (AvgIpc) is 2.74. The highest BCUT2D eigenvalue weighted by molar-refractivity contribution is 4.96. The van der Waals surface area contributed by atoms with E-state index in [0.29, 0.717) is 0 Å². The van der Waals surface area contributed by atoms with E-state index in [9.17, 15) is 0 Å². The van der Waals surface area contributed by atoms with Crippen LogP contribution in [0.1, 0.15) is 52.9 Å². The Balaban J connectivity index is 1.94. The van der Waals surface area contributed by atoms with E-state index < -0.39 is 0 Å². The molecule has 0 aromatic rings. The van der Waals surface area contributed by atoms with E-state index in [1.807, 2.05) is 0 Å². The van der Waals surface area contributed by atoms with Gasteiger partial charge in [0.1, 0.15) is 0 Å². The van der Waals surface area contributed by atoms with Crippen molar-refractivity contribution in [3.8, 4) is 0 Å². The third kappa shape index (κ3) is 1.84. The number of rotatable bonds is 2. The summed E-state index contributed by atoms with van der Waals surface area (Å²) in [4.78, 5) is 2.68. The van der Waals surface area contributed by atoms with Crippen LogP contribution in [0, 0.1) is 11.3 Å². The summed E-state index contributed by atoms with van der Waals surface area (Å²) in [6.07, 6.45) is 7.41. The molecule has 0 N–H and O–H groups in total. The highest BCUT2D eigenvalue weighted by Crippen LogP contribution is 2.49. The second-order valence-corrected chi connectivity index (χ2v) is 5.83. The minimum Gasteiger partial charge on any atom is -0.300 e. The van der Waals surface area contributed by atoms with Crippen LogP contribution < -0.4 is 0 Å². The van der Waals surface area contributed by atoms with Gasteiger partial charge in [-0.05, 0) is 57.4 Å². The van der Waals surface area contributed by atoms with E-state index >= 15 is 0 Å². The fraction of sp³-hybridized carbons (Fsp3) is 1.00. The minimum absolute atomic E-state index is 0.741. The van der Waals surface area contributed by atoms with Crippen LogP contribution in [0.15, 0.2) is 0 Å². The van der Waals surface area contributed by atoms with Gasteiger partial charge >= 0.3 is 0 Å². The second-order valence-electron chi connectivity index (χ2n) is 5.83. The molecule has 0 aromatic carbocycles. The van der Waals surface area contributed by atoms with Gasteiger partial charge in [-0.25, -0.2) is 0 Å². The van der Waals surface area contributed by atoms with Crippen LogP contribution in [0.4, 0.5) is 0 Å². The summed E-state index contributed by atoms with van der Waals surface area (Å²) in [5.41, 5.74) is 0.741. The zero-order valence-electron chi connectivity index (χ0n) is 10.1. The number of likely N-dealkylation sites (tertiary alicyclic amines) is 1. The molecule has 1 spiro atoms. The van der Waals surface area contributed by atoms with Crippen molar-refractivity contribution in [3.05, 3.63) is 0 Å². The minimum atomic E-state index is 0.741. The molecule has 0 radical (unpaired) electrons. The van der Waals surface area contributed by atoms with Gasteiger partial charge in [0.2, 0.25) is 0 Å². The van der Waals surface area contributed by atoms with Gasteiger partial charge in [0, 0.05) is 12.6 Å². The normalized spacial score (nSPS) is 39.0. The molecule has 2 unspecified atom stereocenters. The van der Waals surface area contributed by atoms with Crippen LogP contribution in [-0.2, 0) is 0 Å². The largest absolute Gasteiger partial charge is 0.300 e. The first kappa shape index (κ1) is 10.5. The molecule has 82 valence electrons. The molecule has 0 amide bonds. The second kappa shape index (κ2) is 3.84. The van der Waals surface area contributed by atoms with E-state index in [1.54, 1.807) is 0 Å². The lowest BCUT2D eigenvalue weighted by Gasteiger charge is -2.26. The maximum atomic E-state index is 2.68. The molecule has 2 atom stereocenters. The molecule has 1 saturated heterocycles. The molecule has 1 aliphatic heterocycles. The molecular formula is C13H25N. The molecule has 0 bridgehead atoms. The van der Waals surface area contributed by atoms with Crippen LogP contribution in [-0.4, -0.2) is 24.0 Å². The molecular weight excluding hydrogens is 170 g/mol. The molecule has 1 heterocycles. The van der Waals surface area contributed by atoms with Crippen molar-refractivity contribution >= 4 is 0 Å². The van der Waals surface area contributed by atoms with Crippen molar-refractivity contribution in [1.82, 2.24) is 4.90 Å². The van der Waals surface area contributed by atoms with Gasteiger partial charge in [0.15, 0.2) is 0 Å². The summed E-state index contributed by atoms with van der Waals surface area (Å²) in [7, 11) is 0. The van der Waals surface area contributed by atoms with Crippen molar-refractivity contribution in [1.29, 1.82) is 0 Å². The molecule has 0 aromatic heterocycles. The number of nitrogens with zero attached hydrogens (tertiary/aromatic N) is 1. The summed E-state index contributed by atoms with van der Waals surface area (Å²) in [5, 5.41) is 0. The van der Waals surface area contributed by atoms with E-state index in [2.05, 4.69) is 25.7 Å². The lowest BCUT2D eigenvalue weighted by Crippen LogP contribution is -2.31. The Morgan fingerprint density at radius 2 is 2.14 bits per heavy atom. The highest BCUT2D eigenvalue weighted by atomic mass is 15.2. The first-order valence-corrected chi connectivity index (χ1v) is 6.39. The van der Waals surface area contributed by atoms with Gasteiger partial charge in [0.05, 0.1) is 0 Å². The van der Waals surface area contributed by atoms with Crippen LogP contribution in [0.3, 0.4) is 0 Å². The smallest absolute Gasteiger partial charge is 0.00413 e. The van der Waals surface area contributed by atoms with E-state index in [-0.39, 0.29) is 0 Å². The van der Waals surface area contributed by atoms with Crippen LogP contribution in [0.25, 0.3) is 0 Å². The summed E-state index contributed by atoms with van der Waals surface area (Å²) < 4.78 is 0. The van der Waals surface area contributed by atoms with Crippen LogP contribution in [0.5, 0.6) is 0 Å². The zero-order valence-corrected chi connectivity index (χ0v) is 10.1. The summed E-state index contributed by atoms with van der Waals surface area (Å²) in [5.74, 6) is 1.04. The van der Waals surface area contributed by atoms with Crippen molar-refractivity contribution in [2.45, 2.75) is 58.9 Å². The Labute approximate surface area is 88.9 Å². The summed E-state index contributed by atoms with van der Waals surface area (Å²) >= 11 is 0. The monoisotopic (exact) mass is 195 g/mol. The molecule has 1 nitrogen and oxygen atoms in total. The Morgan fingerprint density at radius 1 is 1.36 bits per heavy atom. The average molecular weight is 195 g/mol. The van der Waals surface area contributed by atoms with Crippen LogP contribution in [0.2, 0.25) is 0 Å². The van der Waals surface area contributed by atoms with Gasteiger partial charge in [-0.15, -0.1) is 0 Å². The first-order chi connectivity index (χ1) is 6.65. The van der Waals surface area contributed by atoms with Gasteiger partial charge in [-0.3, -0.25) is 0 Å². The van der Waals surface area contributed by atoms with E-state index in [0.717, 1.165) is 17.4 Å².